The van der Waals surface area contributed by atoms with Crippen molar-refractivity contribution in [2.24, 2.45) is 5.92 Å². The SMILES string of the molecule is C=CCO[C@@H]1C(Cc2ccccc2)COCC(N(C(=O)OC(C)(C)C)C(=O)OC(C)(C)C)C(=O)O[C@H]1C. The van der Waals surface area contributed by atoms with Crippen LogP contribution in [0.1, 0.15) is 54.0 Å². The fourth-order valence-corrected chi connectivity index (χ4v) is 3.88. The van der Waals surface area contributed by atoms with Gasteiger partial charge in [0.25, 0.3) is 0 Å². The fourth-order valence-electron chi connectivity index (χ4n) is 3.88. The highest BCUT2D eigenvalue weighted by Crippen LogP contribution is 2.25. The van der Waals surface area contributed by atoms with Crippen LogP contribution in [0.3, 0.4) is 0 Å². The van der Waals surface area contributed by atoms with Gasteiger partial charge >= 0.3 is 18.2 Å². The predicted molar refractivity (Wildman–Crippen MR) is 138 cm³/mol. The number of carbonyl (C=O) groups excluding carboxylic acids is 3. The third kappa shape index (κ3) is 9.81. The maximum atomic E-state index is 13.4. The number of cyclic esters (lactones) is 1. The Kier molecular flexibility index (Phi) is 10.7. The second-order valence-electron chi connectivity index (χ2n) is 11.1. The number of imide groups is 1. The van der Waals surface area contributed by atoms with E-state index < -0.39 is 47.6 Å². The zero-order chi connectivity index (χ0) is 27.8. The molecule has 1 heterocycles. The quantitative estimate of drug-likeness (QED) is 0.297. The van der Waals surface area contributed by atoms with E-state index in [1.165, 1.54) is 0 Å². The molecule has 1 aliphatic heterocycles. The number of hydrogen-bond donors (Lipinski definition) is 0. The number of carbonyl (C=O) groups is 3. The summed E-state index contributed by atoms with van der Waals surface area (Å²) in [5, 5.41) is 0. The molecule has 0 aromatic heterocycles. The third-order valence-electron chi connectivity index (χ3n) is 5.35. The van der Waals surface area contributed by atoms with Crippen LogP contribution < -0.4 is 0 Å². The first-order valence-corrected chi connectivity index (χ1v) is 12.5. The summed E-state index contributed by atoms with van der Waals surface area (Å²) in [5.41, 5.74) is -0.766. The molecular formula is C28H41NO8. The van der Waals surface area contributed by atoms with Crippen LogP contribution in [0, 0.1) is 5.92 Å². The summed E-state index contributed by atoms with van der Waals surface area (Å²) < 4.78 is 28.6. The van der Waals surface area contributed by atoms with E-state index in [1.54, 1.807) is 54.5 Å². The van der Waals surface area contributed by atoms with Crippen LogP contribution in [0.2, 0.25) is 0 Å². The second-order valence-corrected chi connectivity index (χ2v) is 11.1. The Hall–Kier alpha value is -2.91. The van der Waals surface area contributed by atoms with E-state index in [2.05, 4.69) is 6.58 Å². The van der Waals surface area contributed by atoms with Crippen LogP contribution >= 0.6 is 0 Å². The fraction of sp³-hybridized carbons (Fsp3) is 0.607. The molecule has 1 aromatic rings. The molecule has 2 amide bonds. The van der Waals surface area contributed by atoms with Crippen molar-refractivity contribution in [3.8, 4) is 0 Å². The van der Waals surface area contributed by atoms with Gasteiger partial charge in [-0.05, 0) is 60.5 Å². The largest absolute Gasteiger partial charge is 0.458 e. The molecule has 1 aliphatic rings. The van der Waals surface area contributed by atoms with Gasteiger partial charge in [-0.15, -0.1) is 6.58 Å². The summed E-state index contributed by atoms with van der Waals surface area (Å²) in [5.74, 6) is -1.00. The molecule has 206 valence electrons. The summed E-state index contributed by atoms with van der Waals surface area (Å²) in [7, 11) is 0. The summed E-state index contributed by atoms with van der Waals surface area (Å²) in [6, 6.07) is 8.43. The molecule has 0 N–H and O–H groups in total. The smallest absolute Gasteiger partial charge is 0.420 e. The number of amides is 2. The Labute approximate surface area is 220 Å². The minimum Gasteiger partial charge on any atom is -0.458 e. The molecule has 0 spiro atoms. The van der Waals surface area contributed by atoms with Crippen molar-refractivity contribution < 1.29 is 38.1 Å². The third-order valence-corrected chi connectivity index (χ3v) is 5.35. The van der Waals surface area contributed by atoms with Gasteiger partial charge in [0.05, 0.1) is 25.9 Å². The molecule has 0 aliphatic carbocycles. The average Bonchev–Trinajstić information content (AvgIpc) is 2.80. The summed E-state index contributed by atoms with van der Waals surface area (Å²) in [6.45, 7) is 15.6. The first-order chi connectivity index (χ1) is 17.2. The molecule has 4 atom stereocenters. The highest BCUT2D eigenvalue weighted by molar-refractivity contribution is 5.94. The molecular weight excluding hydrogens is 478 g/mol. The lowest BCUT2D eigenvalue weighted by molar-refractivity contribution is -0.163. The first-order valence-electron chi connectivity index (χ1n) is 12.5. The van der Waals surface area contributed by atoms with Gasteiger partial charge in [-0.25, -0.2) is 14.4 Å². The van der Waals surface area contributed by atoms with Crippen molar-refractivity contribution >= 4 is 18.2 Å². The van der Waals surface area contributed by atoms with Crippen LogP contribution in [0.4, 0.5) is 9.59 Å². The van der Waals surface area contributed by atoms with Gasteiger partial charge in [-0.1, -0.05) is 36.4 Å². The van der Waals surface area contributed by atoms with Crippen molar-refractivity contribution in [1.29, 1.82) is 0 Å². The lowest BCUT2D eigenvalue weighted by Gasteiger charge is -2.32. The summed E-state index contributed by atoms with van der Waals surface area (Å²) in [6.07, 6.45) is -1.05. The van der Waals surface area contributed by atoms with Crippen molar-refractivity contribution in [3.05, 3.63) is 48.6 Å². The Balaban J connectivity index is 2.39. The predicted octanol–water partition coefficient (Wildman–Crippen LogP) is 4.92. The van der Waals surface area contributed by atoms with E-state index in [0.717, 1.165) is 5.56 Å². The molecule has 2 unspecified atom stereocenters. The summed E-state index contributed by atoms with van der Waals surface area (Å²) >= 11 is 0. The molecule has 0 radical (unpaired) electrons. The van der Waals surface area contributed by atoms with Crippen molar-refractivity contribution in [2.45, 2.75) is 84.3 Å². The maximum absolute atomic E-state index is 13.4. The van der Waals surface area contributed by atoms with E-state index in [-0.39, 0.29) is 25.7 Å². The lowest BCUT2D eigenvalue weighted by atomic mass is 9.91. The minimum atomic E-state index is -1.41. The van der Waals surface area contributed by atoms with Crippen LogP contribution in [0.5, 0.6) is 0 Å². The molecule has 9 nitrogen and oxygen atoms in total. The number of benzene rings is 1. The van der Waals surface area contributed by atoms with Crippen molar-refractivity contribution in [1.82, 2.24) is 4.90 Å². The minimum absolute atomic E-state index is 0.180. The van der Waals surface area contributed by atoms with Gasteiger partial charge in [0.1, 0.15) is 17.3 Å². The van der Waals surface area contributed by atoms with Gasteiger partial charge < -0.3 is 23.7 Å². The normalized spacial score (nSPS) is 23.1. The molecule has 1 aromatic carbocycles. The molecule has 0 saturated carbocycles. The van der Waals surface area contributed by atoms with E-state index in [0.29, 0.717) is 11.3 Å². The Morgan fingerprint density at radius 2 is 1.59 bits per heavy atom. The number of nitrogens with zero attached hydrogens (tertiary/aromatic N) is 1. The number of esters is 1. The van der Waals surface area contributed by atoms with Gasteiger partial charge in [0.2, 0.25) is 0 Å². The number of rotatable bonds is 6. The Bertz CT molecular complexity index is 890. The Morgan fingerprint density at radius 1 is 1.03 bits per heavy atom. The van der Waals surface area contributed by atoms with E-state index in [4.69, 9.17) is 23.7 Å². The van der Waals surface area contributed by atoms with Gasteiger partial charge in [-0.3, -0.25) is 0 Å². The second kappa shape index (κ2) is 13.1. The highest BCUT2D eigenvalue weighted by Gasteiger charge is 2.44. The van der Waals surface area contributed by atoms with E-state index in [1.807, 2.05) is 30.3 Å². The monoisotopic (exact) mass is 519 g/mol. The molecule has 37 heavy (non-hydrogen) atoms. The average molecular weight is 520 g/mol. The van der Waals surface area contributed by atoms with Crippen LogP contribution in [-0.4, -0.2) is 72.3 Å². The Morgan fingerprint density at radius 3 is 2.11 bits per heavy atom. The molecule has 0 bridgehead atoms. The van der Waals surface area contributed by atoms with Crippen molar-refractivity contribution in [3.63, 3.8) is 0 Å². The standard InChI is InChI=1S/C28H41NO8/c1-9-15-34-23-19(2)35-24(30)22(18-33-17-21(23)16-20-13-11-10-12-14-20)29(25(31)36-27(3,4)5)26(32)37-28(6,7)8/h9-14,19,21-23H,1,15-18H2,2-8H3/t19-,21?,22?,23-/m0/s1. The van der Waals surface area contributed by atoms with Crippen LogP contribution in [0.25, 0.3) is 0 Å². The van der Waals surface area contributed by atoms with E-state index >= 15 is 0 Å². The van der Waals surface area contributed by atoms with Crippen LogP contribution in [-0.2, 0) is 34.9 Å². The lowest BCUT2D eigenvalue weighted by Crippen LogP contribution is -2.54. The van der Waals surface area contributed by atoms with Gasteiger partial charge in [0.15, 0.2) is 6.04 Å². The highest BCUT2D eigenvalue weighted by atomic mass is 16.6. The molecule has 9 heteroatoms. The zero-order valence-corrected chi connectivity index (χ0v) is 23.0. The van der Waals surface area contributed by atoms with Gasteiger partial charge in [-0.2, -0.15) is 4.90 Å². The number of ether oxygens (including phenoxy) is 5. The molecule has 1 fully saturated rings. The van der Waals surface area contributed by atoms with Gasteiger partial charge in [0, 0.05) is 5.92 Å². The van der Waals surface area contributed by atoms with Crippen molar-refractivity contribution in [2.75, 3.05) is 19.8 Å². The molecule has 1 saturated heterocycles. The first kappa shape index (κ1) is 30.3. The van der Waals surface area contributed by atoms with E-state index in [9.17, 15) is 14.4 Å². The summed E-state index contributed by atoms with van der Waals surface area (Å²) in [4.78, 5) is 40.2. The van der Waals surface area contributed by atoms with Crippen LogP contribution in [0.15, 0.2) is 43.0 Å². The zero-order valence-electron chi connectivity index (χ0n) is 23.0. The topological polar surface area (TPSA) is 101 Å². The maximum Gasteiger partial charge on any atom is 0.420 e. The molecule has 2 rings (SSSR count). The number of hydrogen-bond acceptors (Lipinski definition) is 8.